The van der Waals surface area contributed by atoms with E-state index in [1.807, 2.05) is 0 Å². The van der Waals surface area contributed by atoms with Crippen LogP contribution in [0.3, 0.4) is 0 Å². The summed E-state index contributed by atoms with van der Waals surface area (Å²) in [4.78, 5) is 0. The Morgan fingerprint density at radius 3 is 2.45 bits per heavy atom. The van der Waals surface area contributed by atoms with Crippen molar-refractivity contribution < 1.29 is 10.0 Å². The van der Waals surface area contributed by atoms with Gasteiger partial charge >= 0.3 is 7.12 Å². The van der Waals surface area contributed by atoms with E-state index < -0.39 is 7.12 Å². The molecule has 0 aromatic rings. The summed E-state index contributed by atoms with van der Waals surface area (Å²) in [7, 11) is -0.360. The average Bonchev–Trinajstić information content (AvgIpc) is 1.96. The molecule has 0 saturated carbocycles. The predicted octanol–water partition coefficient (Wildman–Crippen LogP) is 1.26. The van der Waals surface area contributed by atoms with Gasteiger partial charge in [-0.05, 0) is 18.6 Å². The van der Waals surface area contributed by atoms with Crippen LogP contribution in [0.15, 0.2) is 0 Å². The number of hydrogen-bond acceptors (Lipinski definition) is 2. The molecule has 11 heavy (non-hydrogen) atoms. The van der Waals surface area contributed by atoms with Gasteiger partial charge in [-0.2, -0.15) is 0 Å². The highest BCUT2D eigenvalue weighted by Gasteiger charge is 2.03. The van der Waals surface area contributed by atoms with Crippen LogP contribution in [0.2, 0.25) is 0 Å². The first-order valence-corrected chi connectivity index (χ1v) is 5.75. The standard InChI is InChI=1S/C7H18BO2P/c1-2-3-4-5-6-11-7-8(9)10/h9-11H,2-7H2,1H3. The number of hydrogen-bond donors (Lipinski definition) is 2. The fraction of sp³-hybridized carbons (Fsp3) is 1.00. The fourth-order valence-corrected chi connectivity index (χ4v) is 1.87. The Morgan fingerprint density at radius 1 is 1.18 bits per heavy atom. The molecule has 0 aliphatic rings. The van der Waals surface area contributed by atoms with Gasteiger partial charge in [0.05, 0.1) is 0 Å². The Morgan fingerprint density at radius 2 is 1.91 bits per heavy atom. The molecule has 0 bridgehead atoms. The van der Waals surface area contributed by atoms with E-state index in [-0.39, 0.29) is 0 Å². The lowest BCUT2D eigenvalue weighted by atomic mass is 9.98. The average molecular weight is 176 g/mol. The molecule has 0 fully saturated rings. The van der Waals surface area contributed by atoms with Crippen LogP contribution in [-0.2, 0) is 0 Å². The van der Waals surface area contributed by atoms with E-state index in [1.54, 1.807) is 0 Å². The van der Waals surface area contributed by atoms with Crippen LogP contribution >= 0.6 is 8.58 Å². The van der Waals surface area contributed by atoms with Crippen molar-refractivity contribution in [1.29, 1.82) is 0 Å². The molecule has 2 N–H and O–H groups in total. The summed E-state index contributed by atoms with van der Waals surface area (Å²) in [6, 6.07) is 0.562. The van der Waals surface area contributed by atoms with Gasteiger partial charge in [-0.1, -0.05) is 26.2 Å². The lowest BCUT2D eigenvalue weighted by Crippen LogP contribution is -2.13. The van der Waals surface area contributed by atoms with E-state index in [0.29, 0.717) is 6.06 Å². The van der Waals surface area contributed by atoms with E-state index in [9.17, 15) is 0 Å². The topological polar surface area (TPSA) is 40.5 Å². The van der Waals surface area contributed by atoms with Gasteiger partial charge in [0, 0.05) is 0 Å². The zero-order chi connectivity index (χ0) is 8.53. The summed E-state index contributed by atoms with van der Waals surface area (Å²) in [5.74, 6) is 0. The van der Waals surface area contributed by atoms with Gasteiger partial charge in [0.1, 0.15) is 0 Å². The molecule has 2 nitrogen and oxygen atoms in total. The zero-order valence-corrected chi connectivity index (χ0v) is 8.21. The molecule has 4 heteroatoms. The van der Waals surface area contributed by atoms with Crippen LogP contribution < -0.4 is 0 Å². The predicted molar refractivity (Wildman–Crippen MR) is 52.4 cm³/mol. The molecule has 0 aromatic heterocycles. The van der Waals surface area contributed by atoms with Crippen LogP contribution in [0.5, 0.6) is 0 Å². The van der Waals surface area contributed by atoms with Crippen LogP contribution in [0.1, 0.15) is 32.6 Å². The van der Waals surface area contributed by atoms with E-state index >= 15 is 0 Å². The highest BCUT2D eigenvalue weighted by atomic mass is 31.1. The first-order chi connectivity index (χ1) is 5.27. The van der Waals surface area contributed by atoms with Crippen molar-refractivity contribution in [1.82, 2.24) is 0 Å². The lowest BCUT2D eigenvalue weighted by molar-refractivity contribution is 0.415. The third-order valence-corrected chi connectivity index (χ3v) is 2.89. The highest BCUT2D eigenvalue weighted by Crippen LogP contribution is 2.13. The van der Waals surface area contributed by atoms with Gasteiger partial charge in [0.25, 0.3) is 0 Å². The zero-order valence-electron chi connectivity index (χ0n) is 7.21. The molecule has 0 aliphatic heterocycles. The number of rotatable bonds is 7. The minimum absolute atomic E-state index is 0.562. The molecular weight excluding hydrogens is 158 g/mol. The molecule has 0 heterocycles. The first kappa shape index (κ1) is 11.4. The summed E-state index contributed by atoms with van der Waals surface area (Å²) < 4.78 is 0. The maximum Gasteiger partial charge on any atom is 0.455 e. The lowest BCUT2D eigenvalue weighted by Gasteiger charge is -1.99. The molecular formula is C7H18BO2P. The van der Waals surface area contributed by atoms with E-state index in [4.69, 9.17) is 10.0 Å². The van der Waals surface area contributed by atoms with E-state index in [2.05, 4.69) is 6.92 Å². The Hall–Kier alpha value is 0.415. The van der Waals surface area contributed by atoms with Gasteiger partial charge in [0.15, 0.2) is 0 Å². The molecule has 66 valence electrons. The van der Waals surface area contributed by atoms with Gasteiger partial charge in [-0.25, -0.2) is 0 Å². The largest absolute Gasteiger partial charge is 0.455 e. The summed E-state index contributed by atoms with van der Waals surface area (Å²) in [5, 5.41) is 17.0. The maximum absolute atomic E-state index is 8.52. The third kappa shape index (κ3) is 10.4. The van der Waals surface area contributed by atoms with Crippen molar-refractivity contribution >= 4 is 15.7 Å². The van der Waals surface area contributed by atoms with Crippen molar-refractivity contribution in [3.63, 3.8) is 0 Å². The summed E-state index contributed by atoms with van der Waals surface area (Å²) >= 11 is 0. The summed E-state index contributed by atoms with van der Waals surface area (Å²) in [6.07, 6.45) is 6.29. The Labute approximate surface area is 71.3 Å². The van der Waals surface area contributed by atoms with Crippen molar-refractivity contribution in [2.75, 3.05) is 12.2 Å². The fourth-order valence-electron chi connectivity index (χ4n) is 0.908. The van der Waals surface area contributed by atoms with Crippen molar-refractivity contribution in [2.24, 2.45) is 0 Å². The first-order valence-electron chi connectivity index (χ1n) is 4.34. The molecule has 0 amide bonds. The smallest absolute Gasteiger partial charge is 0.427 e. The third-order valence-electron chi connectivity index (χ3n) is 1.53. The Kier molecular flexibility index (Phi) is 8.83. The van der Waals surface area contributed by atoms with Gasteiger partial charge in [0.2, 0.25) is 0 Å². The van der Waals surface area contributed by atoms with Crippen molar-refractivity contribution in [3.8, 4) is 0 Å². The quantitative estimate of drug-likeness (QED) is 0.348. The second-order valence-electron chi connectivity index (χ2n) is 2.75. The molecule has 0 spiro atoms. The van der Waals surface area contributed by atoms with Gasteiger partial charge in [-0.3, -0.25) is 0 Å². The monoisotopic (exact) mass is 176 g/mol. The van der Waals surface area contributed by atoms with Crippen molar-refractivity contribution in [2.45, 2.75) is 32.6 Å². The summed E-state index contributed by atoms with van der Waals surface area (Å²) in [5.41, 5.74) is 0. The highest BCUT2D eigenvalue weighted by molar-refractivity contribution is 7.40. The van der Waals surface area contributed by atoms with E-state index in [0.717, 1.165) is 14.7 Å². The van der Waals surface area contributed by atoms with Crippen LogP contribution in [0.4, 0.5) is 0 Å². The number of unbranched alkanes of at least 4 members (excludes halogenated alkanes) is 3. The van der Waals surface area contributed by atoms with Gasteiger partial charge < -0.3 is 10.0 Å². The van der Waals surface area contributed by atoms with Crippen LogP contribution in [0.25, 0.3) is 0 Å². The molecule has 0 rings (SSSR count). The SMILES string of the molecule is CCCCCCPCB(O)O. The molecule has 0 aromatic carbocycles. The Bertz CT molecular complexity index is 80.8. The second kappa shape index (κ2) is 8.51. The molecule has 0 aliphatic carbocycles. The minimum Gasteiger partial charge on any atom is -0.427 e. The van der Waals surface area contributed by atoms with Crippen LogP contribution in [-0.4, -0.2) is 29.4 Å². The normalized spacial score (nSPS) is 11.2. The molecule has 0 radical (unpaired) electrons. The Balaban J connectivity index is 2.80. The molecule has 0 saturated heterocycles. The molecule has 1 unspecified atom stereocenters. The van der Waals surface area contributed by atoms with E-state index in [1.165, 1.54) is 25.7 Å². The minimum atomic E-state index is -1.08. The molecule has 1 atom stereocenters. The second-order valence-corrected chi connectivity index (χ2v) is 4.15. The van der Waals surface area contributed by atoms with Gasteiger partial charge in [-0.15, -0.1) is 8.58 Å². The summed E-state index contributed by atoms with van der Waals surface area (Å²) in [6.45, 7) is 2.19. The van der Waals surface area contributed by atoms with Crippen molar-refractivity contribution in [3.05, 3.63) is 0 Å². The maximum atomic E-state index is 8.52. The van der Waals surface area contributed by atoms with Crippen LogP contribution in [0, 0.1) is 0 Å².